The molecule has 4 nitrogen and oxygen atoms in total. The van der Waals surface area contributed by atoms with Crippen molar-refractivity contribution < 1.29 is 9.90 Å². The lowest BCUT2D eigenvalue weighted by Gasteiger charge is -2.39. The fourth-order valence-corrected chi connectivity index (χ4v) is 3.35. The third kappa shape index (κ3) is 2.65. The summed E-state index contributed by atoms with van der Waals surface area (Å²) in [6, 6.07) is 6.66. The lowest BCUT2D eigenvalue weighted by atomic mass is 9.73. The molecule has 0 saturated heterocycles. The number of phenolic OH excluding ortho intramolecular Hbond substituents is 1. The fourth-order valence-electron chi connectivity index (χ4n) is 3.11. The number of hydrogen-bond acceptors (Lipinski definition) is 3. The average Bonchev–Trinajstić information content (AvgIpc) is 2.35. The minimum atomic E-state index is -0.288. The molecular weight excluding hydrogens is 284 g/mol. The van der Waals surface area contributed by atoms with Gasteiger partial charge in [0.25, 0.3) is 0 Å². The molecular formula is C16H18N2O2S. The van der Waals surface area contributed by atoms with Gasteiger partial charge in [0.15, 0.2) is 10.9 Å². The third-order valence-electron chi connectivity index (χ3n) is 3.95. The lowest BCUT2D eigenvalue weighted by Crippen LogP contribution is -2.48. The zero-order valence-electron chi connectivity index (χ0n) is 12.1. The van der Waals surface area contributed by atoms with E-state index < -0.39 is 0 Å². The molecule has 0 fully saturated rings. The van der Waals surface area contributed by atoms with Crippen LogP contribution in [0.2, 0.25) is 0 Å². The van der Waals surface area contributed by atoms with Crippen LogP contribution >= 0.6 is 12.2 Å². The monoisotopic (exact) mass is 302 g/mol. The van der Waals surface area contributed by atoms with Crippen molar-refractivity contribution in [1.29, 1.82) is 0 Å². The number of carbonyl (C=O) groups is 1. The highest BCUT2D eigenvalue weighted by atomic mass is 32.1. The first-order valence-corrected chi connectivity index (χ1v) is 7.39. The second kappa shape index (κ2) is 4.84. The fraction of sp³-hybridized carbons (Fsp3) is 0.375. The summed E-state index contributed by atoms with van der Waals surface area (Å²) in [6.07, 6.45) is 1.32. The topological polar surface area (TPSA) is 61.4 Å². The predicted octanol–water partition coefficient (Wildman–Crippen LogP) is 2.55. The molecule has 110 valence electrons. The number of allylic oxidation sites excluding steroid dienone is 1. The maximum Gasteiger partial charge on any atom is 0.171 e. The van der Waals surface area contributed by atoms with Crippen LogP contribution in [0.5, 0.6) is 5.75 Å². The van der Waals surface area contributed by atoms with Crippen LogP contribution in [0.15, 0.2) is 35.5 Å². The average molecular weight is 302 g/mol. The van der Waals surface area contributed by atoms with Crippen LogP contribution < -0.4 is 10.6 Å². The Morgan fingerprint density at radius 1 is 1.33 bits per heavy atom. The van der Waals surface area contributed by atoms with Gasteiger partial charge in [-0.05, 0) is 41.7 Å². The van der Waals surface area contributed by atoms with Gasteiger partial charge in [0, 0.05) is 17.7 Å². The molecule has 3 rings (SSSR count). The van der Waals surface area contributed by atoms with Crippen LogP contribution in [0.3, 0.4) is 0 Å². The van der Waals surface area contributed by atoms with E-state index in [-0.39, 0.29) is 23.0 Å². The molecule has 0 amide bonds. The number of thiocarbonyl (C=S) groups is 1. The molecule has 1 aliphatic carbocycles. The number of carbonyl (C=O) groups excluding carboxylic acids is 1. The lowest BCUT2D eigenvalue weighted by molar-refractivity contribution is -0.118. The molecule has 1 aromatic carbocycles. The van der Waals surface area contributed by atoms with Crippen molar-refractivity contribution in [1.82, 2.24) is 10.6 Å². The normalized spacial score (nSPS) is 24.2. The Labute approximate surface area is 129 Å². The van der Waals surface area contributed by atoms with Gasteiger partial charge in [-0.2, -0.15) is 0 Å². The molecule has 21 heavy (non-hydrogen) atoms. The van der Waals surface area contributed by atoms with Crippen LogP contribution in [0.1, 0.15) is 38.3 Å². The molecule has 2 aliphatic rings. The van der Waals surface area contributed by atoms with E-state index in [1.807, 2.05) is 6.07 Å². The Balaban J connectivity index is 2.08. The summed E-state index contributed by atoms with van der Waals surface area (Å²) >= 11 is 5.27. The van der Waals surface area contributed by atoms with Gasteiger partial charge < -0.3 is 15.7 Å². The number of Topliss-reactive ketones (excluding diaryl/α,β-unsaturated/α-hetero) is 1. The molecule has 3 N–H and O–H groups in total. The first-order chi connectivity index (χ1) is 9.85. The molecule has 5 heteroatoms. The van der Waals surface area contributed by atoms with Crippen molar-refractivity contribution in [2.75, 3.05) is 0 Å². The van der Waals surface area contributed by atoms with Gasteiger partial charge in [-0.3, -0.25) is 4.79 Å². The maximum atomic E-state index is 12.6. The number of nitrogens with one attached hydrogen (secondary N) is 2. The second-order valence-corrected chi connectivity index (χ2v) is 6.87. The molecule has 0 unspecified atom stereocenters. The Morgan fingerprint density at radius 3 is 2.81 bits per heavy atom. The molecule has 0 aromatic heterocycles. The third-order valence-corrected chi connectivity index (χ3v) is 4.17. The van der Waals surface area contributed by atoms with Crippen LogP contribution in [0.25, 0.3) is 0 Å². The maximum absolute atomic E-state index is 12.6. The molecule has 1 aromatic rings. The van der Waals surface area contributed by atoms with Crippen LogP contribution in [-0.2, 0) is 4.79 Å². The largest absolute Gasteiger partial charge is 0.508 e. The van der Waals surface area contributed by atoms with Gasteiger partial charge in [0.2, 0.25) is 0 Å². The van der Waals surface area contributed by atoms with Gasteiger partial charge in [-0.15, -0.1) is 0 Å². The Morgan fingerprint density at radius 2 is 2.10 bits per heavy atom. The van der Waals surface area contributed by atoms with Crippen molar-refractivity contribution in [2.24, 2.45) is 5.41 Å². The summed E-state index contributed by atoms with van der Waals surface area (Å²) in [4.78, 5) is 12.6. The Hall–Kier alpha value is -1.88. The summed E-state index contributed by atoms with van der Waals surface area (Å²) < 4.78 is 0. The number of aromatic hydroxyl groups is 1. The molecule has 1 atom stereocenters. The van der Waals surface area contributed by atoms with E-state index >= 15 is 0 Å². The summed E-state index contributed by atoms with van der Waals surface area (Å²) in [7, 11) is 0. The minimum absolute atomic E-state index is 0.0563. The number of ketones is 1. The highest BCUT2D eigenvalue weighted by molar-refractivity contribution is 7.80. The van der Waals surface area contributed by atoms with Gasteiger partial charge in [-0.1, -0.05) is 26.0 Å². The quantitative estimate of drug-likeness (QED) is 0.696. The van der Waals surface area contributed by atoms with Crippen LogP contribution in [0.4, 0.5) is 0 Å². The first-order valence-electron chi connectivity index (χ1n) is 6.98. The van der Waals surface area contributed by atoms with Gasteiger partial charge in [0.1, 0.15) is 5.75 Å². The summed E-state index contributed by atoms with van der Waals surface area (Å²) in [5, 5.41) is 16.5. The van der Waals surface area contributed by atoms with E-state index in [2.05, 4.69) is 24.5 Å². The Bertz CT molecular complexity index is 664. The van der Waals surface area contributed by atoms with Gasteiger partial charge in [0.05, 0.1) is 6.04 Å². The molecule has 0 bridgehead atoms. The van der Waals surface area contributed by atoms with Gasteiger partial charge in [-0.25, -0.2) is 0 Å². The molecule has 1 heterocycles. The highest BCUT2D eigenvalue weighted by Gasteiger charge is 2.39. The van der Waals surface area contributed by atoms with Crippen molar-refractivity contribution >= 4 is 23.1 Å². The number of hydrogen-bond donors (Lipinski definition) is 3. The number of benzene rings is 1. The Kier molecular flexibility index (Phi) is 3.24. The van der Waals surface area contributed by atoms with E-state index in [9.17, 15) is 9.90 Å². The second-order valence-electron chi connectivity index (χ2n) is 6.46. The van der Waals surface area contributed by atoms with Crippen LogP contribution in [0, 0.1) is 5.41 Å². The summed E-state index contributed by atoms with van der Waals surface area (Å²) in [5.41, 5.74) is 2.44. The van der Waals surface area contributed by atoms with E-state index in [0.29, 0.717) is 11.5 Å². The zero-order valence-corrected chi connectivity index (χ0v) is 12.9. The van der Waals surface area contributed by atoms with E-state index in [1.165, 1.54) is 0 Å². The molecule has 0 radical (unpaired) electrons. The molecule has 0 spiro atoms. The standard InChI is InChI=1S/C16H18N2O2S/c1-16(2)7-11-13(12(20)8-16)14(18-15(21)17-11)9-4-3-5-10(19)6-9/h3-6,14,19H,7-8H2,1-2H3,(H2,17,18,21)/t14-/m1/s1. The minimum Gasteiger partial charge on any atom is -0.508 e. The van der Waals surface area contributed by atoms with Crippen LogP contribution in [-0.4, -0.2) is 16.0 Å². The SMILES string of the molecule is CC1(C)CC(=O)C2=C(C1)NC(=S)N[C@@H]2c1cccc(O)c1. The van der Waals surface area contributed by atoms with E-state index in [4.69, 9.17) is 12.2 Å². The van der Waals surface area contributed by atoms with Crippen molar-refractivity contribution in [3.63, 3.8) is 0 Å². The van der Waals surface area contributed by atoms with Crippen molar-refractivity contribution in [3.8, 4) is 5.75 Å². The smallest absolute Gasteiger partial charge is 0.171 e. The first kappa shape index (κ1) is 14.1. The van der Waals surface area contributed by atoms with E-state index in [0.717, 1.165) is 23.3 Å². The van der Waals surface area contributed by atoms with Crippen molar-refractivity contribution in [3.05, 3.63) is 41.1 Å². The molecule has 0 saturated carbocycles. The van der Waals surface area contributed by atoms with E-state index in [1.54, 1.807) is 18.2 Å². The highest BCUT2D eigenvalue weighted by Crippen LogP contribution is 2.41. The van der Waals surface area contributed by atoms with Gasteiger partial charge >= 0.3 is 0 Å². The zero-order chi connectivity index (χ0) is 15.2. The summed E-state index contributed by atoms with van der Waals surface area (Å²) in [6.45, 7) is 4.18. The van der Waals surface area contributed by atoms with Crippen molar-refractivity contribution in [2.45, 2.75) is 32.7 Å². The predicted molar refractivity (Wildman–Crippen MR) is 84.8 cm³/mol. The number of phenols is 1. The summed E-state index contributed by atoms with van der Waals surface area (Å²) in [5.74, 6) is 0.321. The molecule has 1 aliphatic heterocycles. The number of rotatable bonds is 1.